The van der Waals surface area contributed by atoms with Crippen LogP contribution in [0.1, 0.15) is 83.3 Å². The van der Waals surface area contributed by atoms with E-state index in [1.54, 1.807) is 6.07 Å². The summed E-state index contributed by atoms with van der Waals surface area (Å²) in [5, 5.41) is 24.1. The lowest BCUT2D eigenvalue weighted by molar-refractivity contribution is -0.386. The van der Waals surface area contributed by atoms with Gasteiger partial charge in [0.05, 0.1) is 28.8 Å². The van der Waals surface area contributed by atoms with E-state index >= 15 is 0 Å². The van der Waals surface area contributed by atoms with Gasteiger partial charge in [-0.25, -0.2) is 0 Å². The lowest BCUT2D eigenvalue weighted by Gasteiger charge is -2.20. The first-order valence-electron chi connectivity index (χ1n) is 10.3. The van der Waals surface area contributed by atoms with Gasteiger partial charge in [0.15, 0.2) is 0 Å². The number of amides is 1. The molecule has 1 aromatic carbocycles. The van der Waals surface area contributed by atoms with E-state index in [4.69, 9.17) is 4.74 Å². The number of aliphatic hydroxyl groups is 1. The van der Waals surface area contributed by atoms with Gasteiger partial charge in [-0.05, 0) is 44.7 Å². The Morgan fingerprint density at radius 1 is 1.36 bits per heavy atom. The smallest absolute Gasteiger partial charge is 0.278 e. The number of nitro benzene ring substituents is 1. The molecule has 0 saturated heterocycles. The van der Waals surface area contributed by atoms with E-state index in [0.29, 0.717) is 24.6 Å². The number of rotatable bonds is 11. The molecule has 156 valence electrons. The number of nitrogens with one attached hydrogen (secondary N) is 1. The molecule has 2 N–H and O–H groups in total. The lowest BCUT2D eigenvalue weighted by atomic mass is 10.1. The molecular weight excluding hydrogens is 360 g/mol. The maximum atomic E-state index is 12.2. The number of benzene rings is 1. The van der Waals surface area contributed by atoms with Gasteiger partial charge in [0.2, 0.25) is 5.91 Å². The number of ether oxygens (including phenoxy) is 1. The fraction of sp³-hybridized carbons (Fsp3) is 0.667. The van der Waals surface area contributed by atoms with Crippen LogP contribution in [-0.4, -0.2) is 28.1 Å². The zero-order valence-corrected chi connectivity index (χ0v) is 16.9. The Kier molecular flexibility index (Phi) is 8.70. The molecule has 7 nitrogen and oxygen atoms in total. The van der Waals surface area contributed by atoms with Gasteiger partial charge in [-0.1, -0.05) is 32.6 Å². The van der Waals surface area contributed by atoms with E-state index in [1.165, 1.54) is 31.9 Å². The molecule has 0 aliphatic heterocycles. The molecule has 1 aliphatic rings. The third kappa shape index (κ3) is 6.78. The Balaban J connectivity index is 1.99. The van der Waals surface area contributed by atoms with Crippen LogP contribution < -0.4 is 10.1 Å². The van der Waals surface area contributed by atoms with Crippen LogP contribution in [0, 0.1) is 10.1 Å². The normalized spacial score (nSPS) is 16.5. The highest BCUT2D eigenvalue weighted by Gasteiger charge is 2.21. The molecule has 28 heavy (non-hydrogen) atoms. The first-order valence-corrected chi connectivity index (χ1v) is 10.3. The van der Waals surface area contributed by atoms with E-state index in [-0.39, 0.29) is 23.3 Å². The SMILES string of the molecule is CCCCC(CCC(=O)NC1CCCC1)Oc1ccc(C(C)O)c([N+](=O)[O-])c1. The van der Waals surface area contributed by atoms with Gasteiger partial charge in [0, 0.05) is 12.5 Å². The van der Waals surface area contributed by atoms with Crippen LogP contribution in [0.25, 0.3) is 0 Å². The molecule has 0 aromatic heterocycles. The summed E-state index contributed by atoms with van der Waals surface area (Å²) in [7, 11) is 0. The summed E-state index contributed by atoms with van der Waals surface area (Å²) in [5.41, 5.74) is 0.110. The minimum atomic E-state index is -0.926. The second-order valence-corrected chi connectivity index (χ2v) is 7.62. The van der Waals surface area contributed by atoms with Gasteiger partial charge in [-0.15, -0.1) is 0 Å². The van der Waals surface area contributed by atoms with Crippen LogP contribution in [0.4, 0.5) is 5.69 Å². The third-order valence-electron chi connectivity index (χ3n) is 5.24. The highest BCUT2D eigenvalue weighted by molar-refractivity contribution is 5.76. The fourth-order valence-corrected chi connectivity index (χ4v) is 3.66. The quantitative estimate of drug-likeness (QED) is 0.429. The third-order valence-corrected chi connectivity index (χ3v) is 5.24. The molecule has 1 fully saturated rings. The number of carbonyl (C=O) groups excluding carboxylic acids is 1. The molecule has 0 heterocycles. The topological polar surface area (TPSA) is 102 Å². The molecule has 0 spiro atoms. The van der Waals surface area contributed by atoms with Crippen LogP contribution in [-0.2, 0) is 4.79 Å². The van der Waals surface area contributed by atoms with Gasteiger partial charge < -0.3 is 15.2 Å². The molecule has 0 bridgehead atoms. The predicted octanol–water partition coefficient (Wildman–Crippen LogP) is 4.42. The maximum absolute atomic E-state index is 12.2. The van der Waals surface area contributed by atoms with Gasteiger partial charge in [-0.2, -0.15) is 0 Å². The highest BCUT2D eigenvalue weighted by Crippen LogP contribution is 2.30. The summed E-state index contributed by atoms with van der Waals surface area (Å²) < 4.78 is 6.00. The first-order chi connectivity index (χ1) is 13.4. The Morgan fingerprint density at radius 2 is 2.07 bits per heavy atom. The monoisotopic (exact) mass is 392 g/mol. The number of nitrogens with zero attached hydrogens (tertiary/aromatic N) is 1. The number of carbonyl (C=O) groups is 1. The molecule has 1 aliphatic carbocycles. The summed E-state index contributed by atoms with van der Waals surface area (Å²) in [5.74, 6) is 0.445. The highest BCUT2D eigenvalue weighted by atomic mass is 16.6. The van der Waals surface area contributed by atoms with Gasteiger partial charge in [0.1, 0.15) is 5.75 Å². The van der Waals surface area contributed by atoms with Crippen molar-refractivity contribution in [1.82, 2.24) is 5.32 Å². The van der Waals surface area contributed by atoms with Crippen LogP contribution in [0.3, 0.4) is 0 Å². The van der Waals surface area contributed by atoms with Gasteiger partial charge in [0.25, 0.3) is 5.69 Å². The zero-order valence-electron chi connectivity index (χ0n) is 16.9. The van der Waals surface area contributed by atoms with Crippen molar-refractivity contribution >= 4 is 11.6 Å². The molecule has 2 rings (SSSR count). The van der Waals surface area contributed by atoms with Crippen molar-refractivity contribution in [3.8, 4) is 5.75 Å². The number of aliphatic hydroxyl groups excluding tert-OH is 1. The van der Waals surface area contributed by atoms with Crippen molar-refractivity contribution < 1.29 is 19.6 Å². The predicted molar refractivity (Wildman–Crippen MR) is 107 cm³/mol. The molecule has 7 heteroatoms. The number of nitro groups is 1. The summed E-state index contributed by atoms with van der Waals surface area (Å²) in [4.78, 5) is 23.0. The number of unbranched alkanes of at least 4 members (excludes halogenated alkanes) is 1. The standard InChI is InChI=1S/C21H32N2O5/c1-3-4-9-17(11-13-21(25)22-16-7-5-6-8-16)28-18-10-12-19(15(2)24)20(14-18)23(26)27/h10,12,14-17,24H,3-9,11,13H2,1-2H3,(H,22,25). The fourth-order valence-electron chi connectivity index (χ4n) is 3.66. The van der Waals surface area contributed by atoms with Crippen LogP contribution >= 0.6 is 0 Å². The average Bonchev–Trinajstić information content (AvgIpc) is 3.16. The Hall–Kier alpha value is -2.15. The van der Waals surface area contributed by atoms with E-state index < -0.39 is 11.0 Å². The molecular formula is C21H32N2O5. The number of hydrogen-bond donors (Lipinski definition) is 2. The van der Waals surface area contributed by atoms with Crippen LogP contribution in [0.5, 0.6) is 5.75 Å². The summed E-state index contributed by atoms with van der Waals surface area (Å²) in [6.45, 7) is 3.59. The number of hydrogen-bond acceptors (Lipinski definition) is 5. The van der Waals surface area contributed by atoms with E-state index in [2.05, 4.69) is 12.2 Å². The maximum Gasteiger partial charge on any atom is 0.278 e. The lowest BCUT2D eigenvalue weighted by Crippen LogP contribution is -2.33. The van der Waals surface area contributed by atoms with Gasteiger partial charge in [-0.3, -0.25) is 14.9 Å². The Labute approximate surface area is 166 Å². The van der Waals surface area contributed by atoms with Crippen LogP contribution in [0.2, 0.25) is 0 Å². The molecule has 1 aromatic rings. The molecule has 0 radical (unpaired) electrons. The van der Waals surface area contributed by atoms with Crippen molar-refractivity contribution in [2.45, 2.75) is 89.9 Å². The van der Waals surface area contributed by atoms with E-state index in [9.17, 15) is 20.0 Å². The van der Waals surface area contributed by atoms with E-state index in [1.807, 2.05) is 0 Å². The van der Waals surface area contributed by atoms with Crippen LogP contribution in [0.15, 0.2) is 18.2 Å². The summed E-state index contributed by atoms with van der Waals surface area (Å²) in [6, 6.07) is 4.84. The first kappa shape index (κ1) is 22.1. The Morgan fingerprint density at radius 3 is 2.68 bits per heavy atom. The van der Waals surface area contributed by atoms with Crippen molar-refractivity contribution in [2.75, 3.05) is 0 Å². The van der Waals surface area contributed by atoms with Crippen molar-refractivity contribution in [3.05, 3.63) is 33.9 Å². The second-order valence-electron chi connectivity index (χ2n) is 7.62. The van der Waals surface area contributed by atoms with Crippen molar-refractivity contribution in [3.63, 3.8) is 0 Å². The van der Waals surface area contributed by atoms with E-state index in [0.717, 1.165) is 32.1 Å². The zero-order chi connectivity index (χ0) is 20.5. The average molecular weight is 392 g/mol. The van der Waals surface area contributed by atoms with Crippen molar-refractivity contribution in [1.29, 1.82) is 0 Å². The largest absolute Gasteiger partial charge is 0.490 e. The van der Waals surface area contributed by atoms with Gasteiger partial charge >= 0.3 is 0 Å². The Bertz CT molecular complexity index is 656. The minimum Gasteiger partial charge on any atom is -0.490 e. The summed E-state index contributed by atoms with van der Waals surface area (Å²) >= 11 is 0. The van der Waals surface area contributed by atoms with Crippen molar-refractivity contribution in [2.24, 2.45) is 0 Å². The molecule has 1 saturated carbocycles. The molecule has 1 amide bonds. The molecule has 2 atom stereocenters. The second kappa shape index (κ2) is 11.0. The summed E-state index contributed by atoms with van der Waals surface area (Å²) in [6.07, 6.45) is 7.08. The molecule has 2 unspecified atom stereocenters. The minimum absolute atomic E-state index is 0.0485.